The van der Waals surface area contributed by atoms with Crippen molar-refractivity contribution in [2.75, 3.05) is 11.9 Å². The van der Waals surface area contributed by atoms with Crippen molar-refractivity contribution in [1.82, 2.24) is 4.98 Å². The molecule has 0 fully saturated rings. The number of rotatable bonds is 7. The Balaban J connectivity index is 1.56. The number of aromatic nitrogens is 1. The van der Waals surface area contributed by atoms with Crippen LogP contribution in [-0.4, -0.2) is 23.4 Å². The van der Waals surface area contributed by atoms with E-state index in [2.05, 4.69) is 10.3 Å². The molecule has 3 rings (SSSR count). The van der Waals surface area contributed by atoms with Crippen LogP contribution in [0.4, 0.5) is 5.69 Å². The summed E-state index contributed by atoms with van der Waals surface area (Å²) < 4.78 is 5.18. The minimum absolute atomic E-state index is 0.151. The number of hydrogen-bond donors (Lipinski definition) is 2. The van der Waals surface area contributed by atoms with Gasteiger partial charge in [-0.1, -0.05) is 29.8 Å². The summed E-state index contributed by atoms with van der Waals surface area (Å²) in [7, 11) is 0. The highest BCUT2D eigenvalue weighted by molar-refractivity contribution is 7.13. The Hall–Kier alpha value is -3.19. The zero-order valence-electron chi connectivity index (χ0n) is 14.8. The van der Waals surface area contributed by atoms with Crippen LogP contribution in [0.15, 0.2) is 53.9 Å². The highest BCUT2D eigenvalue weighted by atomic mass is 32.1. The number of benzene rings is 2. The third-order valence-electron chi connectivity index (χ3n) is 3.71. The van der Waals surface area contributed by atoms with Crippen LogP contribution >= 0.6 is 11.3 Å². The average Bonchev–Trinajstić information content (AvgIpc) is 3.10. The van der Waals surface area contributed by atoms with Crippen LogP contribution in [0.5, 0.6) is 5.75 Å². The summed E-state index contributed by atoms with van der Waals surface area (Å²) >= 11 is 1.52. The first-order chi connectivity index (χ1) is 13.0. The SMILES string of the molecule is Cc1ccc(-c2nc(CC(=O)Nc3ccc(OCC(N)=O)cc3)cs2)cc1. The Morgan fingerprint density at radius 1 is 1.11 bits per heavy atom. The summed E-state index contributed by atoms with van der Waals surface area (Å²) in [5.41, 5.74) is 8.64. The molecule has 0 aliphatic rings. The Labute approximate surface area is 161 Å². The average molecular weight is 381 g/mol. The van der Waals surface area contributed by atoms with Crippen LogP contribution in [0, 0.1) is 6.92 Å². The molecule has 27 heavy (non-hydrogen) atoms. The minimum atomic E-state index is -0.541. The first-order valence-electron chi connectivity index (χ1n) is 8.32. The molecule has 0 aliphatic carbocycles. The molecule has 0 aliphatic heterocycles. The topological polar surface area (TPSA) is 94.3 Å². The van der Waals surface area contributed by atoms with Crippen LogP contribution in [-0.2, 0) is 16.0 Å². The van der Waals surface area contributed by atoms with Gasteiger partial charge in [-0.3, -0.25) is 9.59 Å². The number of ether oxygens (including phenoxy) is 1. The highest BCUT2D eigenvalue weighted by Gasteiger charge is 2.10. The summed E-state index contributed by atoms with van der Waals surface area (Å²) in [6.07, 6.45) is 0.197. The second kappa shape index (κ2) is 8.46. The quantitative estimate of drug-likeness (QED) is 0.657. The standard InChI is InChI=1S/C20H19N3O3S/c1-13-2-4-14(5-3-13)20-23-16(12-27-20)10-19(25)22-15-6-8-17(9-7-15)26-11-18(21)24/h2-9,12H,10-11H2,1H3,(H2,21,24)(H,22,25). The molecule has 0 atom stereocenters. The zero-order chi connectivity index (χ0) is 19.2. The number of amides is 2. The maximum absolute atomic E-state index is 12.2. The second-order valence-corrected chi connectivity index (χ2v) is 6.87. The number of nitrogens with zero attached hydrogens (tertiary/aromatic N) is 1. The maximum Gasteiger partial charge on any atom is 0.255 e. The fourth-order valence-corrected chi connectivity index (χ4v) is 3.20. The van der Waals surface area contributed by atoms with E-state index in [4.69, 9.17) is 10.5 Å². The summed E-state index contributed by atoms with van der Waals surface area (Å²) in [5.74, 6) is -0.184. The molecule has 3 N–H and O–H groups in total. The van der Waals surface area contributed by atoms with Gasteiger partial charge in [0.25, 0.3) is 5.91 Å². The van der Waals surface area contributed by atoms with Gasteiger partial charge >= 0.3 is 0 Å². The molecule has 7 heteroatoms. The van der Waals surface area contributed by atoms with Gasteiger partial charge in [0.1, 0.15) is 10.8 Å². The van der Waals surface area contributed by atoms with Crippen molar-refractivity contribution in [3.05, 3.63) is 65.2 Å². The van der Waals surface area contributed by atoms with E-state index in [1.54, 1.807) is 24.3 Å². The van der Waals surface area contributed by atoms with E-state index in [0.717, 1.165) is 16.3 Å². The number of nitrogens with one attached hydrogen (secondary N) is 1. The molecular weight excluding hydrogens is 362 g/mol. The predicted octanol–water partition coefficient (Wildman–Crippen LogP) is 3.16. The molecule has 2 aromatic carbocycles. The summed E-state index contributed by atoms with van der Waals surface area (Å²) in [6.45, 7) is 1.86. The van der Waals surface area contributed by atoms with Crippen molar-refractivity contribution < 1.29 is 14.3 Å². The van der Waals surface area contributed by atoms with E-state index in [1.807, 2.05) is 36.6 Å². The van der Waals surface area contributed by atoms with Crippen molar-refractivity contribution in [2.45, 2.75) is 13.3 Å². The van der Waals surface area contributed by atoms with E-state index >= 15 is 0 Å². The number of nitrogens with two attached hydrogens (primary N) is 1. The lowest BCUT2D eigenvalue weighted by molar-refractivity contribution is -0.120. The van der Waals surface area contributed by atoms with Gasteiger partial charge in [0, 0.05) is 16.6 Å². The highest BCUT2D eigenvalue weighted by Crippen LogP contribution is 2.24. The number of thiazole rings is 1. The van der Waals surface area contributed by atoms with Gasteiger partial charge in [-0.25, -0.2) is 4.98 Å². The van der Waals surface area contributed by atoms with Gasteiger partial charge in [0.05, 0.1) is 12.1 Å². The molecular formula is C20H19N3O3S. The van der Waals surface area contributed by atoms with Gasteiger partial charge in [0.2, 0.25) is 5.91 Å². The molecule has 2 amide bonds. The van der Waals surface area contributed by atoms with Gasteiger partial charge < -0.3 is 15.8 Å². The van der Waals surface area contributed by atoms with Crippen molar-refractivity contribution >= 4 is 28.8 Å². The number of carbonyl (C=O) groups excluding carboxylic acids is 2. The molecule has 0 saturated heterocycles. The normalized spacial score (nSPS) is 10.4. The lowest BCUT2D eigenvalue weighted by Crippen LogP contribution is -2.20. The largest absolute Gasteiger partial charge is 0.484 e. The lowest BCUT2D eigenvalue weighted by Gasteiger charge is -2.06. The fourth-order valence-electron chi connectivity index (χ4n) is 2.38. The van der Waals surface area contributed by atoms with Crippen LogP contribution < -0.4 is 15.8 Å². The van der Waals surface area contributed by atoms with Crippen molar-refractivity contribution in [2.24, 2.45) is 5.73 Å². The first kappa shape index (κ1) is 18.6. The fraction of sp³-hybridized carbons (Fsp3) is 0.150. The van der Waals surface area contributed by atoms with E-state index in [0.29, 0.717) is 11.4 Å². The number of carbonyl (C=O) groups is 2. The first-order valence-corrected chi connectivity index (χ1v) is 9.20. The summed E-state index contributed by atoms with van der Waals surface area (Å²) in [4.78, 5) is 27.5. The van der Waals surface area contributed by atoms with Crippen LogP contribution in [0.25, 0.3) is 10.6 Å². The van der Waals surface area contributed by atoms with Crippen molar-refractivity contribution in [3.8, 4) is 16.3 Å². The molecule has 0 unspecified atom stereocenters. The van der Waals surface area contributed by atoms with E-state index in [9.17, 15) is 9.59 Å². The number of aryl methyl sites for hydroxylation is 1. The van der Waals surface area contributed by atoms with Gasteiger partial charge in [-0.15, -0.1) is 11.3 Å². The Morgan fingerprint density at radius 3 is 2.48 bits per heavy atom. The molecule has 1 aromatic heterocycles. The molecule has 0 radical (unpaired) electrons. The summed E-state index contributed by atoms with van der Waals surface area (Å²) in [5, 5.41) is 5.61. The van der Waals surface area contributed by atoms with E-state index in [-0.39, 0.29) is 18.9 Å². The predicted molar refractivity (Wildman–Crippen MR) is 106 cm³/mol. The third kappa shape index (κ3) is 5.39. The van der Waals surface area contributed by atoms with E-state index < -0.39 is 5.91 Å². The van der Waals surface area contributed by atoms with Gasteiger partial charge in [-0.05, 0) is 31.2 Å². The molecule has 6 nitrogen and oxygen atoms in total. The lowest BCUT2D eigenvalue weighted by atomic mass is 10.2. The minimum Gasteiger partial charge on any atom is -0.484 e. The number of anilines is 1. The maximum atomic E-state index is 12.2. The van der Waals surface area contributed by atoms with Crippen LogP contribution in [0.2, 0.25) is 0 Å². The van der Waals surface area contributed by atoms with E-state index in [1.165, 1.54) is 16.9 Å². The smallest absolute Gasteiger partial charge is 0.255 e. The van der Waals surface area contributed by atoms with Crippen LogP contribution in [0.1, 0.15) is 11.3 Å². The molecule has 138 valence electrons. The monoisotopic (exact) mass is 381 g/mol. The number of hydrogen-bond acceptors (Lipinski definition) is 5. The summed E-state index contributed by atoms with van der Waals surface area (Å²) in [6, 6.07) is 14.9. The van der Waals surface area contributed by atoms with Gasteiger partial charge in [0.15, 0.2) is 6.61 Å². The molecule has 0 saturated carbocycles. The second-order valence-electron chi connectivity index (χ2n) is 6.01. The van der Waals surface area contributed by atoms with Crippen molar-refractivity contribution in [3.63, 3.8) is 0 Å². The molecule has 0 spiro atoms. The third-order valence-corrected chi connectivity index (χ3v) is 4.65. The van der Waals surface area contributed by atoms with Gasteiger partial charge in [-0.2, -0.15) is 0 Å². The Kier molecular flexibility index (Phi) is 5.83. The van der Waals surface area contributed by atoms with Crippen molar-refractivity contribution in [1.29, 1.82) is 0 Å². The Morgan fingerprint density at radius 2 is 1.81 bits per heavy atom. The molecule has 3 aromatic rings. The zero-order valence-corrected chi connectivity index (χ0v) is 15.6. The molecule has 1 heterocycles. The Bertz CT molecular complexity index is 934. The number of primary amides is 1. The van der Waals surface area contributed by atoms with Crippen LogP contribution in [0.3, 0.4) is 0 Å². The molecule has 0 bridgehead atoms.